The molecule has 2 aliphatic heterocycles. The Morgan fingerprint density at radius 2 is 1.46 bits per heavy atom. The van der Waals surface area contributed by atoms with Gasteiger partial charge in [-0.3, -0.25) is 9.69 Å². The minimum atomic E-state index is -0.680. The van der Waals surface area contributed by atoms with Crippen molar-refractivity contribution in [2.75, 3.05) is 13.7 Å². The van der Waals surface area contributed by atoms with E-state index in [4.69, 9.17) is 14.5 Å². The van der Waals surface area contributed by atoms with Crippen LogP contribution in [0.25, 0.3) is 22.5 Å². The number of hydrogen-bond acceptors (Lipinski definition) is 7. The van der Waals surface area contributed by atoms with Gasteiger partial charge < -0.3 is 29.7 Å². The number of H-pyrrole nitrogens is 2. The summed E-state index contributed by atoms with van der Waals surface area (Å²) in [6, 6.07) is 15.3. The number of carbonyl (C=O) groups is 3. The van der Waals surface area contributed by atoms with Gasteiger partial charge in [-0.05, 0) is 100 Å². The maximum Gasteiger partial charge on any atom is 0.411 e. The molecule has 54 heavy (non-hydrogen) atoms. The molecule has 3 amide bonds. The Kier molecular flexibility index (Phi) is 10.2. The summed E-state index contributed by atoms with van der Waals surface area (Å²) in [4.78, 5) is 58.6. The molecular formula is C42H49N7O5. The average molecular weight is 732 g/mol. The highest BCUT2D eigenvalue weighted by Crippen LogP contribution is 2.50. The number of rotatable bonds is 7. The van der Waals surface area contributed by atoms with Crippen molar-refractivity contribution in [3.8, 4) is 34.4 Å². The molecule has 1 aliphatic carbocycles. The lowest BCUT2D eigenvalue weighted by atomic mass is 9.98. The lowest BCUT2D eigenvalue weighted by Crippen LogP contribution is -2.51. The maximum atomic E-state index is 13.5. The van der Waals surface area contributed by atoms with E-state index in [1.165, 1.54) is 7.11 Å². The van der Waals surface area contributed by atoms with Crippen LogP contribution in [0.1, 0.15) is 102 Å². The van der Waals surface area contributed by atoms with E-state index in [2.05, 4.69) is 32.1 Å². The standard InChI is InChI=1S/C42H49N7O5/c1-25(2)35(47-40(51)53-6)39(50)48-21-7-8-34(48)37-43-23-32(45-37)28-15-11-26(12-16-28)9-10-27-13-17-29(18-14-27)33-24-44-38(46-33)36-30-19-20-31(22-30)49(36)41(52)54-42(3,4)5/h11-18,23-25,30-31,34-36H,7-8,19-22H2,1-6H3,(H,43,45)(H,44,46)(H,47,51)/t30-,31?,34-,35-,36-/m0/s1. The minimum absolute atomic E-state index is 0.0977. The molecule has 2 bridgehead atoms. The van der Waals surface area contributed by atoms with Crippen molar-refractivity contribution < 1.29 is 23.9 Å². The first-order valence-electron chi connectivity index (χ1n) is 18.9. The summed E-state index contributed by atoms with van der Waals surface area (Å²) in [6.45, 7) is 10.1. The fourth-order valence-corrected chi connectivity index (χ4v) is 8.01. The number of alkyl carbamates (subject to hydrolysis) is 1. The summed E-state index contributed by atoms with van der Waals surface area (Å²) >= 11 is 0. The summed E-state index contributed by atoms with van der Waals surface area (Å²) in [5.41, 5.74) is 4.94. The lowest BCUT2D eigenvalue weighted by Gasteiger charge is -2.35. The van der Waals surface area contributed by atoms with Gasteiger partial charge in [-0.15, -0.1) is 0 Å². The molecule has 12 heteroatoms. The van der Waals surface area contributed by atoms with E-state index in [0.717, 1.165) is 77.4 Å². The molecule has 2 aromatic heterocycles. The molecular weight excluding hydrogens is 683 g/mol. The third-order valence-corrected chi connectivity index (χ3v) is 10.6. The van der Waals surface area contributed by atoms with E-state index >= 15 is 0 Å². The number of imidazole rings is 2. The van der Waals surface area contributed by atoms with Crippen LogP contribution < -0.4 is 5.32 Å². The number of methoxy groups -OCH3 is 1. The van der Waals surface area contributed by atoms with Gasteiger partial charge >= 0.3 is 12.2 Å². The number of hydrogen-bond donors (Lipinski definition) is 3. The lowest BCUT2D eigenvalue weighted by molar-refractivity contribution is -0.135. The van der Waals surface area contributed by atoms with Crippen molar-refractivity contribution in [3.63, 3.8) is 0 Å². The zero-order valence-corrected chi connectivity index (χ0v) is 31.8. The predicted octanol–water partition coefficient (Wildman–Crippen LogP) is 7.37. The highest BCUT2D eigenvalue weighted by molar-refractivity contribution is 5.86. The van der Waals surface area contributed by atoms with E-state index in [1.807, 2.05) is 99.1 Å². The molecule has 7 rings (SSSR count). The molecule has 5 atom stereocenters. The quantitative estimate of drug-likeness (QED) is 0.168. The number of ether oxygens (including phenoxy) is 2. The number of fused-ring (bicyclic) bond motifs is 2. The van der Waals surface area contributed by atoms with E-state index < -0.39 is 17.7 Å². The Morgan fingerprint density at radius 3 is 2.04 bits per heavy atom. The normalized spacial score (nSPS) is 21.2. The number of nitrogens with one attached hydrogen (secondary N) is 3. The number of aromatic amines is 2. The van der Waals surface area contributed by atoms with Gasteiger partial charge in [0.05, 0.1) is 43.0 Å². The fraction of sp³-hybridized carbons (Fsp3) is 0.452. The second-order valence-corrected chi connectivity index (χ2v) is 15.9. The summed E-state index contributed by atoms with van der Waals surface area (Å²) in [7, 11) is 1.29. The van der Waals surface area contributed by atoms with Crippen LogP contribution in [0.4, 0.5) is 9.59 Å². The van der Waals surface area contributed by atoms with E-state index in [1.54, 1.807) is 6.20 Å². The topological polar surface area (TPSA) is 146 Å². The van der Waals surface area contributed by atoms with Gasteiger partial charge in [-0.1, -0.05) is 50.0 Å². The van der Waals surface area contributed by atoms with Gasteiger partial charge in [0.25, 0.3) is 0 Å². The Hall–Kier alpha value is -5.57. The molecule has 282 valence electrons. The molecule has 4 aromatic rings. The third-order valence-electron chi connectivity index (χ3n) is 10.6. The SMILES string of the molecule is COC(=O)N[C@H](C(=O)N1CCC[C@H]1c1ncc(-c2ccc(C#Cc3ccc(-c4cnc([C@@H]5[C@H]6CCC(C6)N5C(=O)OC(C)(C)C)[nH]4)cc3)cc2)[nH]1)C(C)C. The number of benzene rings is 2. The second-order valence-electron chi connectivity index (χ2n) is 15.9. The first-order chi connectivity index (χ1) is 25.9. The van der Waals surface area contributed by atoms with Crippen LogP contribution in [-0.2, 0) is 14.3 Å². The summed E-state index contributed by atoms with van der Waals surface area (Å²) in [5, 5.41) is 2.69. The van der Waals surface area contributed by atoms with Gasteiger partial charge in [-0.2, -0.15) is 0 Å². The predicted molar refractivity (Wildman–Crippen MR) is 204 cm³/mol. The van der Waals surface area contributed by atoms with Gasteiger partial charge in [0.2, 0.25) is 5.91 Å². The number of amides is 3. The molecule has 0 spiro atoms. The molecule has 2 saturated heterocycles. The van der Waals surface area contributed by atoms with Crippen LogP contribution in [0.3, 0.4) is 0 Å². The van der Waals surface area contributed by atoms with Gasteiger partial charge in [0, 0.05) is 23.7 Å². The minimum Gasteiger partial charge on any atom is -0.453 e. The van der Waals surface area contributed by atoms with Crippen molar-refractivity contribution in [2.45, 2.75) is 96.5 Å². The number of piperidine rings is 1. The van der Waals surface area contributed by atoms with Gasteiger partial charge in [0.1, 0.15) is 23.3 Å². The van der Waals surface area contributed by atoms with Crippen LogP contribution in [0.15, 0.2) is 60.9 Å². The van der Waals surface area contributed by atoms with Crippen LogP contribution in [0.5, 0.6) is 0 Å². The van der Waals surface area contributed by atoms with Crippen molar-refractivity contribution in [1.82, 2.24) is 35.1 Å². The van der Waals surface area contributed by atoms with E-state index in [-0.39, 0.29) is 36.0 Å². The summed E-state index contributed by atoms with van der Waals surface area (Å²) in [5.74, 6) is 8.21. The number of carbonyl (C=O) groups excluding carboxylic acids is 3. The van der Waals surface area contributed by atoms with Gasteiger partial charge in [-0.25, -0.2) is 19.6 Å². The molecule has 1 unspecified atom stereocenters. The third kappa shape index (κ3) is 7.72. The van der Waals surface area contributed by atoms with Crippen LogP contribution >= 0.6 is 0 Å². The Morgan fingerprint density at radius 1 is 0.870 bits per heavy atom. The molecule has 3 aliphatic rings. The van der Waals surface area contributed by atoms with Crippen molar-refractivity contribution in [2.24, 2.45) is 11.8 Å². The molecule has 3 N–H and O–H groups in total. The smallest absolute Gasteiger partial charge is 0.411 e. The molecule has 0 radical (unpaired) electrons. The Labute approximate surface area is 316 Å². The van der Waals surface area contributed by atoms with Crippen molar-refractivity contribution in [1.29, 1.82) is 0 Å². The maximum absolute atomic E-state index is 13.5. The van der Waals surface area contributed by atoms with Crippen LogP contribution in [0, 0.1) is 23.7 Å². The second kappa shape index (κ2) is 15.0. The average Bonchev–Trinajstić information content (AvgIpc) is 4.00. The van der Waals surface area contributed by atoms with Crippen molar-refractivity contribution >= 4 is 18.1 Å². The Balaban J connectivity index is 0.985. The molecule has 12 nitrogen and oxygen atoms in total. The highest BCUT2D eigenvalue weighted by atomic mass is 16.6. The van der Waals surface area contributed by atoms with Crippen LogP contribution in [-0.4, -0.2) is 79.2 Å². The monoisotopic (exact) mass is 731 g/mol. The molecule has 1 saturated carbocycles. The summed E-state index contributed by atoms with van der Waals surface area (Å²) in [6.07, 6.45) is 7.48. The summed E-state index contributed by atoms with van der Waals surface area (Å²) < 4.78 is 10.5. The van der Waals surface area contributed by atoms with Crippen molar-refractivity contribution in [3.05, 3.63) is 83.7 Å². The van der Waals surface area contributed by atoms with E-state index in [9.17, 15) is 14.4 Å². The molecule has 4 heterocycles. The van der Waals surface area contributed by atoms with E-state index in [0.29, 0.717) is 12.5 Å². The number of likely N-dealkylation sites (tertiary alicyclic amines) is 2. The first kappa shape index (κ1) is 36.8. The zero-order chi connectivity index (χ0) is 38.1. The molecule has 3 fully saturated rings. The Bertz CT molecular complexity index is 2050. The number of aromatic nitrogens is 4. The molecule has 2 aromatic carbocycles. The zero-order valence-electron chi connectivity index (χ0n) is 31.8. The highest BCUT2D eigenvalue weighted by Gasteiger charge is 2.51. The fourth-order valence-electron chi connectivity index (χ4n) is 8.01. The first-order valence-corrected chi connectivity index (χ1v) is 18.9. The largest absolute Gasteiger partial charge is 0.453 e. The number of nitrogens with zero attached hydrogens (tertiary/aromatic N) is 4. The van der Waals surface area contributed by atoms with Crippen LogP contribution in [0.2, 0.25) is 0 Å². The van der Waals surface area contributed by atoms with Gasteiger partial charge in [0.15, 0.2) is 0 Å².